The molecule has 0 amide bonds. The second-order valence-electron chi connectivity index (χ2n) is 6.09. The van der Waals surface area contributed by atoms with Crippen LogP contribution in [-0.2, 0) is 0 Å². The zero-order chi connectivity index (χ0) is 11.5. The summed E-state index contributed by atoms with van der Waals surface area (Å²) >= 11 is 2.07. The smallest absolute Gasteiger partial charge is 0.0198 e. The zero-order valence-corrected chi connectivity index (χ0v) is 11.9. The predicted molar refractivity (Wildman–Crippen MR) is 74.0 cm³/mol. The first-order chi connectivity index (χ1) is 7.69. The van der Waals surface area contributed by atoms with Crippen molar-refractivity contribution in [1.82, 2.24) is 5.32 Å². The van der Waals surface area contributed by atoms with E-state index in [1.54, 1.807) is 0 Å². The Morgan fingerprint density at radius 1 is 1.00 bits per heavy atom. The highest BCUT2D eigenvalue weighted by Crippen LogP contribution is 2.32. The first-order valence-corrected chi connectivity index (χ1v) is 8.26. The maximum atomic E-state index is 3.96. The fourth-order valence-corrected chi connectivity index (χ4v) is 4.73. The first-order valence-electron chi connectivity index (χ1n) is 6.98. The van der Waals surface area contributed by atoms with Crippen molar-refractivity contribution in [3.63, 3.8) is 0 Å². The zero-order valence-electron chi connectivity index (χ0n) is 11.0. The Labute approximate surface area is 105 Å². The third-order valence-corrected chi connectivity index (χ3v) is 5.55. The molecule has 0 aliphatic heterocycles. The highest BCUT2D eigenvalue weighted by molar-refractivity contribution is 7.99. The Bertz CT molecular complexity index is 209. The molecular weight excluding hydrogens is 214 g/mol. The number of nitrogens with one attached hydrogen (secondary N) is 1. The molecule has 4 unspecified atom stereocenters. The SMILES string of the molecule is CSC1CCCC1NC1CC(C)CC(C)C1. The molecule has 0 saturated heterocycles. The predicted octanol–water partition coefficient (Wildman–Crippen LogP) is 3.68. The van der Waals surface area contributed by atoms with Crippen LogP contribution in [0.4, 0.5) is 0 Å². The van der Waals surface area contributed by atoms with Crippen molar-refractivity contribution in [3.8, 4) is 0 Å². The lowest BCUT2D eigenvalue weighted by Gasteiger charge is -2.35. The second kappa shape index (κ2) is 5.77. The van der Waals surface area contributed by atoms with Crippen molar-refractivity contribution in [2.45, 2.75) is 69.7 Å². The van der Waals surface area contributed by atoms with Crippen LogP contribution >= 0.6 is 11.8 Å². The molecule has 0 aromatic carbocycles. The van der Waals surface area contributed by atoms with Gasteiger partial charge in [-0.25, -0.2) is 0 Å². The summed E-state index contributed by atoms with van der Waals surface area (Å²) in [6.07, 6.45) is 10.8. The quantitative estimate of drug-likeness (QED) is 0.809. The summed E-state index contributed by atoms with van der Waals surface area (Å²) in [6, 6.07) is 1.61. The van der Waals surface area contributed by atoms with Crippen LogP contribution in [0.3, 0.4) is 0 Å². The van der Waals surface area contributed by atoms with E-state index in [4.69, 9.17) is 0 Å². The van der Waals surface area contributed by atoms with E-state index in [0.717, 1.165) is 29.2 Å². The summed E-state index contributed by atoms with van der Waals surface area (Å²) < 4.78 is 0. The molecule has 2 aliphatic rings. The van der Waals surface area contributed by atoms with Crippen LogP contribution in [0.2, 0.25) is 0 Å². The standard InChI is InChI=1S/C14H27NS/c1-10-7-11(2)9-12(8-10)15-13-5-4-6-14(13)16-3/h10-15H,4-9H2,1-3H3. The van der Waals surface area contributed by atoms with Gasteiger partial charge >= 0.3 is 0 Å². The van der Waals surface area contributed by atoms with Crippen molar-refractivity contribution in [3.05, 3.63) is 0 Å². The average Bonchev–Trinajstić information content (AvgIpc) is 2.63. The van der Waals surface area contributed by atoms with Crippen LogP contribution in [0.25, 0.3) is 0 Å². The van der Waals surface area contributed by atoms with Gasteiger partial charge in [0.25, 0.3) is 0 Å². The van der Waals surface area contributed by atoms with Crippen molar-refractivity contribution in [2.24, 2.45) is 11.8 Å². The Hall–Kier alpha value is 0.310. The van der Waals surface area contributed by atoms with E-state index in [2.05, 4.69) is 37.2 Å². The summed E-state index contributed by atoms with van der Waals surface area (Å²) in [4.78, 5) is 0. The molecule has 94 valence electrons. The third kappa shape index (κ3) is 3.16. The van der Waals surface area contributed by atoms with Crippen LogP contribution < -0.4 is 5.32 Å². The first kappa shape index (κ1) is 12.8. The van der Waals surface area contributed by atoms with E-state index in [0.29, 0.717) is 0 Å². The molecule has 0 bridgehead atoms. The molecule has 0 heterocycles. The number of hydrogen-bond donors (Lipinski definition) is 1. The van der Waals surface area contributed by atoms with E-state index in [1.807, 2.05) is 0 Å². The molecule has 0 radical (unpaired) electrons. The molecule has 1 nitrogen and oxygen atoms in total. The van der Waals surface area contributed by atoms with Gasteiger partial charge in [-0.15, -0.1) is 0 Å². The Morgan fingerprint density at radius 2 is 1.69 bits per heavy atom. The molecule has 2 rings (SSSR count). The summed E-state index contributed by atoms with van der Waals surface area (Å²) in [5.74, 6) is 1.85. The minimum atomic E-state index is 0.802. The molecule has 2 saturated carbocycles. The highest BCUT2D eigenvalue weighted by atomic mass is 32.2. The second-order valence-corrected chi connectivity index (χ2v) is 7.17. The number of thioether (sulfide) groups is 1. The highest BCUT2D eigenvalue weighted by Gasteiger charge is 2.31. The molecule has 0 aromatic heterocycles. The molecule has 2 aliphatic carbocycles. The van der Waals surface area contributed by atoms with Gasteiger partial charge in [0.2, 0.25) is 0 Å². The molecule has 0 spiro atoms. The lowest BCUT2D eigenvalue weighted by atomic mass is 9.80. The normalized spacial score (nSPS) is 44.8. The van der Waals surface area contributed by atoms with Crippen LogP contribution in [0.5, 0.6) is 0 Å². The minimum absolute atomic E-state index is 0.802. The van der Waals surface area contributed by atoms with Gasteiger partial charge in [0, 0.05) is 17.3 Å². The van der Waals surface area contributed by atoms with Gasteiger partial charge in [-0.05, 0) is 50.2 Å². The topological polar surface area (TPSA) is 12.0 Å². The van der Waals surface area contributed by atoms with Crippen molar-refractivity contribution in [2.75, 3.05) is 6.26 Å². The number of rotatable bonds is 3. The minimum Gasteiger partial charge on any atom is -0.310 e. The summed E-state index contributed by atoms with van der Waals surface area (Å²) in [5.41, 5.74) is 0. The van der Waals surface area contributed by atoms with Crippen LogP contribution in [-0.4, -0.2) is 23.6 Å². The third-order valence-electron chi connectivity index (χ3n) is 4.38. The Balaban J connectivity index is 1.84. The molecule has 4 atom stereocenters. The fourth-order valence-electron chi connectivity index (χ4n) is 3.78. The van der Waals surface area contributed by atoms with Gasteiger partial charge in [0.15, 0.2) is 0 Å². The van der Waals surface area contributed by atoms with E-state index < -0.39 is 0 Å². The summed E-state index contributed by atoms with van der Waals surface area (Å²) in [6.45, 7) is 4.84. The van der Waals surface area contributed by atoms with Crippen molar-refractivity contribution < 1.29 is 0 Å². The maximum absolute atomic E-state index is 3.96. The van der Waals surface area contributed by atoms with Crippen LogP contribution in [0, 0.1) is 11.8 Å². The Kier molecular flexibility index (Phi) is 4.60. The molecule has 16 heavy (non-hydrogen) atoms. The van der Waals surface area contributed by atoms with Gasteiger partial charge in [0.05, 0.1) is 0 Å². The van der Waals surface area contributed by atoms with Crippen LogP contribution in [0.15, 0.2) is 0 Å². The van der Waals surface area contributed by atoms with Gasteiger partial charge in [-0.2, -0.15) is 11.8 Å². The van der Waals surface area contributed by atoms with Crippen molar-refractivity contribution in [1.29, 1.82) is 0 Å². The molecular formula is C14H27NS. The Morgan fingerprint density at radius 3 is 2.31 bits per heavy atom. The van der Waals surface area contributed by atoms with Gasteiger partial charge in [-0.1, -0.05) is 20.3 Å². The fraction of sp³-hybridized carbons (Fsp3) is 1.00. The lowest BCUT2D eigenvalue weighted by molar-refractivity contribution is 0.226. The van der Waals surface area contributed by atoms with Gasteiger partial charge in [-0.3, -0.25) is 0 Å². The van der Waals surface area contributed by atoms with E-state index >= 15 is 0 Å². The van der Waals surface area contributed by atoms with E-state index in [-0.39, 0.29) is 0 Å². The molecule has 1 N–H and O–H groups in total. The van der Waals surface area contributed by atoms with E-state index in [9.17, 15) is 0 Å². The molecule has 2 fully saturated rings. The number of hydrogen-bond acceptors (Lipinski definition) is 2. The molecule has 2 heteroatoms. The van der Waals surface area contributed by atoms with Crippen molar-refractivity contribution >= 4 is 11.8 Å². The van der Waals surface area contributed by atoms with Crippen LogP contribution in [0.1, 0.15) is 52.4 Å². The largest absolute Gasteiger partial charge is 0.310 e. The van der Waals surface area contributed by atoms with Gasteiger partial charge < -0.3 is 5.32 Å². The lowest BCUT2D eigenvalue weighted by Crippen LogP contribution is -2.44. The molecule has 0 aromatic rings. The monoisotopic (exact) mass is 241 g/mol. The maximum Gasteiger partial charge on any atom is 0.0198 e. The van der Waals surface area contributed by atoms with Gasteiger partial charge in [0.1, 0.15) is 0 Å². The average molecular weight is 241 g/mol. The summed E-state index contributed by atoms with van der Waals surface area (Å²) in [7, 11) is 0. The summed E-state index contributed by atoms with van der Waals surface area (Å²) in [5, 5.41) is 4.84. The van der Waals surface area contributed by atoms with E-state index in [1.165, 1.54) is 38.5 Å².